The highest BCUT2D eigenvalue weighted by Crippen LogP contribution is 2.34. The Morgan fingerprint density at radius 1 is 1.23 bits per heavy atom. The van der Waals surface area contributed by atoms with Gasteiger partial charge in [-0.3, -0.25) is 9.59 Å². The highest BCUT2D eigenvalue weighted by molar-refractivity contribution is 6.31. The van der Waals surface area contributed by atoms with Crippen molar-refractivity contribution in [2.45, 2.75) is 19.8 Å². The minimum absolute atomic E-state index is 0.225. The maximum Gasteiger partial charge on any atom is 0.294 e. The van der Waals surface area contributed by atoms with Gasteiger partial charge in [0, 0.05) is 33.8 Å². The summed E-state index contributed by atoms with van der Waals surface area (Å²) in [5.41, 5.74) is 8.87. The third-order valence-electron chi connectivity index (χ3n) is 4.85. The van der Waals surface area contributed by atoms with Crippen molar-refractivity contribution in [3.05, 3.63) is 63.9 Å². The lowest BCUT2D eigenvalue weighted by Gasteiger charge is -2.30. The van der Waals surface area contributed by atoms with Crippen LogP contribution in [0.4, 0.5) is 5.69 Å². The Hall–Kier alpha value is -2.79. The van der Waals surface area contributed by atoms with Crippen molar-refractivity contribution in [1.82, 2.24) is 0 Å². The molecular weight excluding hydrogens is 352 g/mol. The Balaban J connectivity index is 1.81. The number of furan rings is 1. The highest BCUT2D eigenvalue weighted by Gasteiger charge is 2.29. The van der Waals surface area contributed by atoms with Gasteiger partial charge in [0.05, 0.1) is 0 Å². The molecule has 0 aliphatic carbocycles. The lowest BCUT2D eigenvalue weighted by atomic mass is 9.95. The summed E-state index contributed by atoms with van der Waals surface area (Å²) < 4.78 is 5.82. The number of primary amides is 1. The van der Waals surface area contributed by atoms with E-state index in [2.05, 4.69) is 0 Å². The second-order valence-electron chi connectivity index (χ2n) is 6.42. The Kier molecular flexibility index (Phi) is 3.96. The van der Waals surface area contributed by atoms with Crippen LogP contribution in [0.2, 0.25) is 5.02 Å². The van der Waals surface area contributed by atoms with Crippen LogP contribution in [0.15, 0.2) is 40.8 Å². The van der Waals surface area contributed by atoms with Gasteiger partial charge in [0.25, 0.3) is 5.91 Å². The number of anilines is 1. The van der Waals surface area contributed by atoms with Gasteiger partial charge >= 0.3 is 0 Å². The van der Waals surface area contributed by atoms with E-state index in [9.17, 15) is 9.59 Å². The fourth-order valence-electron chi connectivity index (χ4n) is 3.59. The number of nitrogens with zero attached hydrogens (tertiary/aromatic N) is 1. The van der Waals surface area contributed by atoms with Crippen LogP contribution in [0.5, 0.6) is 0 Å². The van der Waals surface area contributed by atoms with Gasteiger partial charge in [0.2, 0.25) is 5.91 Å². The molecule has 2 aromatic carbocycles. The molecule has 26 heavy (non-hydrogen) atoms. The Morgan fingerprint density at radius 3 is 2.81 bits per heavy atom. The average molecular weight is 369 g/mol. The number of hydrogen-bond acceptors (Lipinski definition) is 3. The molecule has 0 spiro atoms. The van der Waals surface area contributed by atoms with E-state index in [1.165, 1.54) is 0 Å². The molecule has 0 radical (unpaired) electrons. The van der Waals surface area contributed by atoms with E-state index in [1.54, 1.807) is 35.2 Å². The molecule has 0 bridgehead atoms. The number of carbonyl (C=O) groups is 2. The minimum Gasteiger partial charge on any atom is -0.451 e. The fraction of sp³-hybridized carbons (Fsp3) is 0.200. The zero-order valence-electron chi connectivity index (χ0n) is 14.2. The fourth-order valence-corrected chi connectivity index (χ4v) is 3.76. The van der Waals surface area contributed by atoms with Gasteiger partial charge in [-0.2, -0.15) is 0 Å². The largest absolute Gasteiger partial charge is 0.451 e. The first kappa shape index (κ1) is 16.7. The van der Waals surface area contributed by atoms with E-state index >= 15 is 0 Å². The maximum absolute atomic E-state index is 13.2. The number of fused-ring (bicyclic) bond motifs is 2. The number of aryl methyl sites for hydroxylation is 1. The molecular formula is C20H17ClN2O3. The van der Waals surface area contributed by atoms with Crippen LogP contribution >= 0.6 is 11.6 Å². The van der Waals surface area contributed by atoms with Crippen LogP contribution < -0.4 is 10.6 Å². The number of halogens is 1. The first-order chi connectivity index (χ1) is 12.5. The van der Waals surface area contributed by atoms with E-state index < -0.39 is 5.91 Å². The molecule has 132 valence electrons. The summed E-state index contributed by atoms with van der Waals surface area (Å²) in [6.07, 6.45) is 1.47. The zero-order valence-corrected chi connectivity index (χ0v) is 15.0. The van der Waals surface area contributed by atoms with Gasteiger partial charge in [-0.25, -0.2) is 0 Å². The molecule has 0 unspecified atom stereocenters. The molecule has 0 fully saturated rings. The van der Waals surface area contributed by atoms with Crippen LogP contribution in [0.1, 0.15) is 38.5 Å². The predicted octanol–water partition coefficient (Wildman–Crippen LogP) is 4.09. The lowest BCUT2D eigenvalue weighted by molar-refractivity contribution is 0.0956. The van der Waals surface area contributed by atoms with Crippen LogP contribution in [0.25, 0.3) is 11.0 Å². The zero-order chi connectivity index (χ0) is 18.4. The standard InChI is InChI=1S/C20H17ClN2O3/c1-11-15-10-12(21)7-8-17(15)26-18(11)20(25)23-9-3-5-13-14(19(22)24)4-2-6-16(13)23/h2,4,6-8,10H,3,5,9H2,1H3,(H2,22,24). The van der Waals surface area contributed by atoms with Crippen molar-refractivity contribution in [3.63, 3.8) is 0 Å². The van der Waals surface area contributed by atoms with Crippen LogP contribution in [-0.2, 0) is 6.42 Å². The molecule has 2 heterocycles. The summed E-state index contributed by atoms with van der Waals surface area (Å²) in [6, 6.07) is 10.6. The van der Waals surface area contributed by atoms with Crippen molar-refractivity contribution in [1.29, 1.82) is 0 Å². The van der Waals surface area contributed by atoms with E-state index in [4.69, 9.17) is 21.8 Å². The maximum atomic E-state index is 13.2. The van der Waals surface area contributed by atoms with Crippen LogP contribution in [0.3, 0.4) is 0 Å². The van der Waals surface area contributed by atoms with Gasteiger partial charge in [-0.15, -0.1) is 0 Å². The Morgan fingerprint density at radius 2 is 2.04 bits per heavy atom. The highest BCUT2D eigenvalue weighted by atomic mass is 35.5. The van der Waals surface area contributed by atoms with E-state index in [-0.39, 0.29) is 5.91 Å². The summed E-state index contributed by atoms with van der Waals surface area (Å²) >= 11 is 6.06. The second kappa shape index (κ2) is 6.18. The molecule has 5 nitrogen and oxygen atoms in total. The quantitative estimate of drug-likeness (QED) is 0.740. The molecule has 2 N–H and O–H groups in total. The predicted molar refractivity (Wildman–Crippen MR) is 101 cm³/mol. The second-order valence-corrected chi connectivity index (χ2v) is 6.86. The van der Waals surface area contributed by atoms with Gasteiger partial charge in [0.15, 0.2) is 5.76 Å². The Labute approximate surface area is 155 Å². The van der Waals surface area contributed by atoms with Gasteiger partial charge < -0.3 is 15.1 Å². The smallest absolute Gasteiger partial charge is 0.294 e. The molecule has 0 atom stereocenters. The van der Waals surface area contributed by atoms with Crippen molar-refractivity contribution in [3.8, 4) is 0 Å². The molecule has 3 aromatic rings. The lowest BCUT2D eigenvalue weighted by Crippen LogP contribution is -2.36. The summed E-state index contributed by atoms with van der Waals surface area (Å²) in [6.45, 7) is 2.41. The van der Waals surface area contributed by atoms with Gasteiger partial charge in [0.1, 0.15) is 5.58 Å². The number of rotatable bonds is 2. The van der Waals surface area contributed by atoms with Crippen molar-refractivity contribution < 1.29 is 14.0 Å². The molecule has 0 saturated carbocycles. The van der Waals surface area contributed by atoms with Crippen LogP contribution in [0, 0.1) is 6.92 Å². The van der Waals surface area contributed by atoms with E-state index in [1.807, 2.05) is 13.0 Å². The van der Waals surface area contributed by atoms with Gasteiger partial charge in [-0.1, -0.05) is 17.7 Å². The first-order valence-corrected chi connectivity index (χ1v) is 8.77. The SMILES string of the molecule is Cc1c(C(=O)N2CCCc3c(C(N)=O)cccc32)oc2ccc(Cl)cc12. The summed E-state index contributed by atoms with van der Waals surface area (Å²) in [5.74, 6) is -0.414. The van der Waals surface area contributed by atoms with Crippen LogP contribution in [-0.4, -0.2) is 18.4 Å². The molecule has 0 saturated heterocycles. The van der Waals surface area contributed by atoms with E-state index in [0.29, 0.717) is 34.9 Å². The third kappa shape index (κ3) is 2.56. The molecule has 1 aliphatic rings. The Bertz CT molecular complexity index is 1050. The minimum atomic E-state index is -0.481. The van der Waals surface area contributed by atoms with E-state index in [0.717, 1.165) is 28.6 Å². The number of nitrogens with two attached hydrogens (primary N) is 1. The molecule has 4 rings (SSSR count). The number of benzene rings is 2. The molecule has 1 aromatic heterocycles. The number of amides is 2. The van der Waals surface area contributed by atoms with Crippen molar-refractivity contribution >= 4 is 40.1 Å². The van der Waals surface area contributed by atoms with Crippen molar-refractivity contribution in [2.24, 2.45) is 5.73 Å². The van der Waals surface area contributed by atoms with Crippen molar-refractivity contribution in [2.75, 3.05) is 11.4 Å². The normalized spacial score (nSPS) is 13.7. The molecule has 1 aliphatic heterocycles. The molecule has 6 heteroatoms. The van der Waals surface area contributed by atoms with Gasteiger partial charge in [-0.05, 0) is 55.7 Å². The summed E-state index contributed by atoms with van der Waals surface area (Å²) in [4.78, 5) is 26.6. The topological polar surface area (TPSA) is 76.5 Å². The summed E-state index contributed by atoms with van der Waals surface area (Å²) in [7, 11) is 0. The first-order valence-electron chi connectivity index (χ1n) is 8.39. The third-order valence-corrected chi connectivity index (χ3v) is 5.09. The average Bonchev–Trinajstić information content (AvgIpc) is 2.96. The number of carbonyl (C=O) groups excluding carboxylic acids is 2. The monoisotopic (exact) mass is 368 g/mol. The number of hydrogen-bond donors (Lipinski definition) is 1. The molecule has 2 amide bonds. The summed E-state index contributed by atoms with van der Waals surface area (Å²) in [5, 5.41) is 1.42.